The minimum atomic E-state index is -0.265. The van der Waals surface area contributed by atoms with Crippen LogP contribution in [0.1, 0.15) is 56.8 Å². The topological polar surface area (TPSA) is 20.2 Å². The Kier molecular flexibility index (Phi) is 4.45. The molecule has 1 saturated carbocycles. The molecule has 0 radical (unpaired) electrons. The maximum atomic E-state index is 10.5. The zero-order chi connectivity index (χ0) is 13.1. The minimum Gasteiger partial charge on any atom is -0.388 e. The molecule has 1 aliphatic carbocycles. The molecule has 18 heavy (non-hydrogen) atoms. The average Bonchev–Trinajstić information content (AvgIpc) is 2.39. The van der Waals surface area contributed by atoms with Crippen molar-refractivity contribution in [2.75, 3.05) is 0 Å². The molecule has 1 fully saturated rings. The van der Waals surface area contributed by atoms with Crippen molar-refractivity contribution in [1.29, 1.82) is 0 Å². The molecule has 100 valence electrons. The summed E-state index contributed by atoms with van der Waals surface area (Å²) in [4.78, 5) is 0. The van der Waals surface area contributed by atoms with Crippen LogP contribution in [-0.4, -0.2) is 5.11 Å². The van der Waals surface area contributed by atoms with Gasteiger partial charge in [-0.15, -0.1) is 0 Å². The van der Waals surface area contributed by atoms with Crippen molar-refractivity contribution >= 4 is 0 Å². The lowest BCUT2D eigenvalue weighted by Gasteiger charge is -2.33. The molecule has 0 spiro atoms. The van der Waals surface area contributed by atoms with Gasteiger partial charge in [0.1, 0.15) is 0 Å². The predicted molar refractivity (Wildman–Crippen MR) is 76.4 cm³/mol. The van der Waals surface area contributed by atoms with Crippen LogP contribution in [0.15, 0.2) is 24.3 Å². The number of aliphatic hydroxyl groups excluding tert-OH is 1. The molecule has 0 aromatic heterocycles. The summed E-state index contributed by atoms with van der Waals surface area (Å²) in [5.41, 5.74) is 2.35. The molecule has 0 amide bonds. The highest BCUT2D eigenvalue weighted by Crippen LogP contribution is 2.39. The Morgan fingerprint density at radius 1 is 0.944 bits per heavy atom. The van der Waals surface area contributed by atoms with Crippen LogP contribution in [-0.2, 0) is 0 Å². The Labute approximate surface area is 111 Å². The van der Waals surface area contributed by atoms with Gasteiger partial charge in [-0.3, -0.25) is 0 Å². The number of hydrogen-bond acceptors (Lipinski definition) is 1. The Morgan fingerprint density at radius 2 is 1.44 bits per heavy atom. The van der Waals surface area contributed by atoms with Crippen molar-refractivity contribution in [3.05, 3.63) is 35.4 Å². The zero-order valence-corrected chi connectivity index (χ0v) is 11.9. The van der Waals surface area contributed by atoms with E-state index in [1.54, 1.807) is 0 Å². The van der Waals surface area contributed by atoms with Crippen LogP contribution in [0.2, 0.25) is 0 Å². The molecule has 1 aliphatic rings. The van der Waals surface area contributed by atoms with Crippen molar-refractivity contribution in [3.8, 4) is 0 Å². The number of aliphatic hydroxyl groups is 1. The van der Waals surface area contributed by atoms with E-state index in [0.717, 1.165) is 17.4 Å². The summed E-state index contributed by atoms with van der Waals surface area (Å²) in [5.74, 6) is 2.12. The second-order valence-electron chi connectivity index (χ2n) is 6.27. The molecule has 1 aromatic carbocycles. The normalized spacial score (nSPS) is 26.3. The number of rotatable bonds is 3. The first-order valence-corrected chi connectivity index (χ1v) is 7.32. The second-order valence-corrected chi connectivity index (χ2v) is 6.27. The van der Waals surface area contributed by atoms with E-state index in [9.17, 15) is 5.11 Å². The third kappa shape index (κ3) is 3.14. The number of hydrogen-bond donors (Lipinski definition) is 1. The summed E-state index contributed by atoms with van der Waals surface area (Å²) < 4.78 is 0. The first-order chi connectivity index (χ1) is 8.58. The van der Waals surface area contributed by atoms with Crippen molar-refractivity contribution < 1.29 is 5.11 Å². The molecule has 2 rings (SSSR count). The van der Waals surface area contributed by atoms with E-state index in [2.05, 4.69) is 45.0 Å². The molecule has 1 unspecified atom stereocenters. The van der Waals surface area contributed by atoms with Gasteiger partial charge in [-0.2, -0.15) is 0 Å². The standard InChI is InChI=1S/C17H26O/c1-12(2)14-8-10-16(11-9-14)17(18)15-6-4-13(3)5-7-15/h4-7,12,14,16-18H,8-11H2,1-3H3. The van der Waals surface area contributed by atoms with Crippen LogP contribution in [0.25, 0.3) is 0 Å². The fourth-order valence-corrected chi connectivity index (χ4v) is 3.16. The second kappa shape index (κ2) is 5.88. The summed E-state index contributed by atoms with van der Waals surface area (Å²) in [6.45, 7) is 6.73. The molecule has 0 heterocycles. The quantitative estimate of drug-likeness (QED) is 0.833. The third-order valence-corrected chi connectivity index (χ3v) is 4.62. The predicted octanol–water partition coefficient (Wildman–Crippen LogP) is 4.49. The van der Waals surface area contributed by atoms with Crippen molar-refractivity contribution in [3.63, 3.8) is 0 Å². The Bertz CT molecular complexity index is 358. The van der Waals surface area contributed by atoms with E-state index in [1.807, 2.05) is 0 Å². The SMILES string of the molecule is Cc1ccc(C(O)C2CCC(C(C)C)CC2)cc1. The van der Waals surface area contributed by atoms with Gasteiger partial charge in [0.25, 0.3) is 0 Å². The monoisotopic (exact) mass is 246 g/mol. The van der Waals surface area contributed by atoms with Gasteiger partial charge >= 0.3 is 0 Å². The molecule has 0 aliphatic heterocycles. The van der Waals surface area contributed by atoms with Crippen LogP contribution in [0.4, 0.5) is 0 Å². The maximum Gasteiger partial charge on any atom is 0.0818 e. The van der Waals surface area contributed by atoms with Crippen molar-refractivity contribution in [2.45, 2.75) is 52.6 Å². The van der Waals surface area contributed by atoms with E-state index < -0.39 is 0 Å². The summed E-state index contributed by atoms with van der Waals surface area (Å²) in [5, 5.41) is 10.5. The fraction of sp³-hybridized carbons (Fsp3) is 0.647. The van der Waals surface area contributed by atoms with Gasteiger partial charge in [0.15, 0.2) is 0 Å². The highest BCUT2D eigenvalue weighted by Gasteiger charge is 2.28. The Morgan fingerprint density at radius 3 is 1.94 bits per heavy atom. The van der Waals surface area contributed by atoms with Crippen LogP contribution >= 0.6 is 0 Å². The van der Waals surface area contributed by atoms with Gasteiger partial charge in [0.2, 0.25) is 0 Å². The smallest absolute Gasteiger partial charge is 0.0818 e. The Balaban J connectivity index is 1.95. The average molecular weight is 246 g/mol. The number of aryl methyl sites for hydroxylation is 1. The summed E-state index contributed by atoms with van der Waals surface area (Å²) in [6.07, 6.45) is 4.66. The van der Waals surface area contributed by atoms with Crippen LogP contribution in [0.5, 0.6) is 0 Å². The van der Waals surface area contributed by atoms with Gasteiger partial charge in [0.05, 0.1) is 6.10 Å². The lowest BCUT2D eigenvalue weighted by Crippen LogP contribution is -2.23. The van der Waals surface area contributed by atoms with E-state index in [1.165, 1.54) is 31.2 Å². The van der Waals surface area contributed by atoms with Gasteiger partial charge in [0, 0.05) is 0 Å². The van der Waals surface area contributed by atoms with Crippen molar-refractivity contribution in [1.82, 2.24) is 0 Å². The first kappa shape index (κ1) is 13.6. The third-order valence-electron chi connectivity index (χ3n) is 4.62. The summed E-state index contributed by atoms with van der Waals surface area (Å²) in [6, 6.07) is 8.35. The van der Waals surface area contributed by atoms with Crippen LogP contribution in [0, 0.1) is 24.7 Å². The zero-order valence-electron chi connectivity index (χ0n) is 11.9. The molecule has 1 aromatic rings. The maximum absolute atomic E-state index is 10.5. The van der Waals surface area contributed by atoms with Gasteiger partial charge < -0.3 is 5.11 Å². The molecule has 0 bridgehead atoms. The minimum absolute atomic E-state index is 0.265. The van der Waals surface area contributed by atoms with Gasteiger partial charge in [-0.25, -0.2) is 0 Å². The van der Waals surface area contributed by atoms with Crippen LogP contribution < -0.4 is 0 Å². The fourth-order valence-electron chi connectivity index (χ4n) is 3.16. The Hall–Kier alpha value is -0.820. The van der Waals surface area contributed by atoms with Crippen molar-refractivity contribution in [2.24, 2.45) is 17.8 Å². The molecule has 1 N–H and O–H groups in total. The number of benzene rings is 1. The highest BCUT2D eigenvalue weighted by atomic mass is 16.3. The molecule has 1 heteroatoms. The molecule has 1 atom stereocenters. The summed E-state index contributed by atoms with van der Waals surface area (Å²) >= 11 is 0. The van der Waals surface area contributed by atoms with Gasteiger partial charge in [-0.05, 0) is 55.9 Å². The first-order valence-electron chi connectivity index (χ1n) is 7.32. The van der Waals surface area contributed by atoms with Crippen LogP contribution in [0.3, 0.4) is 0 Å². The molecular weight excluding hydrogens is 220 g/mol. The molecule has 1 nitrogen and oxygen atoms in total. The van der Waals surface area contributed by atoms with Gasteiger partial charge in [-0.1, -0.05) is 43.7 Å². The summed E-state index contributed by atoms with van der Waals surface area (Å²) in [7, 11) is 0. The molecular formula is C17H26O. The van der Waals surface area contributed by atoms with E-state index in [0.29, 0.717) is 5.92 Å². The lowest BCUT2D eigenvalue weighted by molar-refractivity contribution is 0.0668. The van der Waals surface area contributed by atoms with E-state index in [4.69, 9.17) is 0 Å². The largest absolute Gasteiger partial charge is 0.388 e. The molecule has 0 saturated heterocycles. The van der Waals surface area contributed by atoms with E-state index in [-0.39, 0.29) is 6.10 Å². The lowest BCUT2D eigenvalue weighted by atomic mass is 9.74. The van der Waals surface area contributed by atoms with E-state index >= 15 is 0 Å². The highest BCUT2D eigenvalue weighted by molar-refractivity contribution is 5.23.